The molecule has 0 aromatic heterocycles. The maximum atomic E-state index is 10.8. The van der Waals surface area contributed by atoms with Crippen molar-refractivity contribution < 1.29 is 9.53 Å². The molecule has 0 radical (unpaired) electrons. The highest BCUT2D eigenvalue weighted by Gasteiger charge is 2.09. The van der Waals surface area contributed by atoms with Crippen LogP contribution in [-0.4, -0.2) is 12.9 Å². The fourth-order valence-electron chi connectivity index (χ4n) is 1.10. The van der Waals surface area contributed by atoms with Gasteiger partial charge in [-0.15, -0.1) is 5.92 Å². The Labute approximate surface area is 105 Å². The van der Waals surface area contributed by atoms with Crippen LogP contribution in [0.15, 0.2) is 12.1 Å². The minimum absolute atomic E-state index is 0.204. The van der Waals surface area contributed by atoms with Gasteiger partial charge in [0.15, 0.2) is 6.29 Å². The summed E-state index contributed by atoms with van der Waals surface area (Å²) in [4.78, 5) is 10.8. The van der Waals surface area contributed by atoms with Gasteiger partial charge < -0.3 is 4.74 Å². The highest BCUT2D eigenvalue weighted by Crippen LogP contribution is 2.31. The second-order valence-corrected chi connectivity index (χ2v) is 3.76. The predicted octanol–water partition coefficient (Wildman–Crippen LogP) is 3.60. The second kappa shape index (κ2) is 6.42. The van der Waals surface area contributed by atoms with Gasteiger partial charge in [0.2, 0.25) is 0 Å². The number of hydrogen-bond donors (Lipinski definition) is 0. The van der Waals surface area contributed by atoms with E-state index in [0.717, 1.165) is 6.42 Å². The van der Waals surface area contributed by atoms with Crippen molar-refractivity contribution in [2.45, 2.75) is 13.3 Å². The third kappa shape index (κ3) is 3.44. The summed E-state index contributed by atoms with van der Waals surface area (Å²) in [7, 11) is 0. The zero-order valence-corrected chi connectivity index (χ0v) is 10.2. The lowest BCUT2D eigenvalue weighted by atomic mass is 10.2. The van der Waals surface area contributed by atoms with Crippen molar-refractivity contribution in [3.8, 4) is 17.6 Å². The molecule has 0 aliphatic rings. The highest BCUT2D eigenvalue weighted by atomic mass is 35.5. The molecule has 1 rings (SSSR count). The van der Waals surface area contributed by atoms with Gasteiger partial charge in [0, 0.05) is 11.4 Å². The molecular weight excluding hydrogens is 247 g/mol. The maximum absolute atomic E-state index is 10.8. The number of rotatable bonds is 3. The first-order valence-electron chi connectivity index (χ1n) is 4.71. The Hall–Kier alpha value is -1.17. The molecule has 0 bridgehead atoms. The van der Waals surface area contributed by atoms with Crippen LogP contribution < -0.4 is 4.74 Å². The molecule has 0 fully saturated rings. The molecule has 0 spiro atoms. The standard InChI is InChI=1S/C12H10Cl2O2/c1-2-3-4-5-16-12-9(8-15)6-10(13)7-11(12)14/h6-8H,2,5H2,1H3. The Bertz CT molecular complexity index is 444. The summed E-state index contributed by atoms with van der Waals surface area (Å²) < 4.78 is 5.32. The van der Waals surface area contributed by atoms with Gasteiger partial charge in [0.05, 0.1) is 10.6 Å². The predicted molar refractivity (Wildman–Crippen MR) is 65.4 cm³/mol. The maximum Gasteiger partial charge on any atom is 0.153 e. The molecule has 0 heterocycles. The van der Waals surface area contributed by atoms with E-state index in [2.05, 4.69) is 11.8 Å². The molecule has 84 valence electrons. The molecule has 0 atom stereocenters. The van der Waals surface area contributed by atoms with E-state index in [0.29, 0.717) is 27.6 Å². The number of ether oxygens (including phenoxy) is 1. The fourth-order valence-corrected chi connectivity index (χ4v) is 1.67. The summed E-state index contributed by atoms with van der Waals surface area (Å²) in [5.74, 6) is 5.98. The van der Waals surface area contributed by atoms with Crippen molar-refractivity contribution in [1.29, 1.82) is 0 Å². The van der Waals surface area contributed by atoms with Crippen molar-refractivity contribution in [2.75, 3.05) is 6.61 Å². The monoisotopic (exact) mass is 256 g/mol. The minimum atomic E-state index is 0.204. The van der Waals surface area contributed by atoms with Gasteiger partial charge in [-0.2, -0.15) is 0 Å². The van der Waals surface area contributed by atoms with E-state index in [1.807, 2.05) is 6.92 Å². The van der Waals surface area contributed by atoms with E-state index in [4.69, 9.17) is 27.9 Å². The van der Waals surface area contributed by atoms with Gasteiger partial charge in [0.1, 0.15) is 12.4 Å². The molecule has 1 aromatic carbocycles. The first kappa shape index (κ1) is 12.9. The van der Waals surface area contributed by atoms with Gasteiger partial charge in [-0.05, 0) is 12.1 Å². The Kier molecular flexibility index (Phi) is 5.18. The summed E-state index contributed by atoms with van der Waals surface area (Å²) in [5, 5.41) is 0.715. The number of benzene rings is 1. The zero-order valence-electron chi connectivity index (χ0n) is 8.72. The largest absolute Gasteiger partial charge is 0.479 e. The van der Waals surface area contributed by atoms with Crippen LogP contribution in [0.3, 0.4) is 0 Å². The molecule has 1 aromatic rings. The van der Waals surface area contributed by atoms with Crippen LogP contribution in [0.25, 0.3) is 0 Å². The van der Waals surface area contributed by atoms with Crippen molar-refractivity contribution in [3.05, 3.63) is 27.7 Å². The number of halogens is 2. The lowest BCUT2D eigenvalue weighted by molar-refractivity contribution is 0.112. The van der Waals surface area contributed by atoms with Crippen molar-refractivity contribution in [1.82, 2.24) is 0 Å². The Balaban J connectivity index is 2.89. The van der Waals surface area contributed by atoms with Gasteiger partial charge in [0.25, 0.3) is 0 Å². The topological polar surface area (TPSA) is 26.3 Å². The normalized spacial score (nSPS) is 9.19. The Morgan fingerprint density at radius 1 is 1.38 bits per heavy atom. The minimum Gasteiger partial charge on any atom is -0.479 e. The van der Waals surface area contributed by atoms with Crippen molar-refractivity contribution in [3.63, 3.8) is 0 Å². The lowest BCUT2D eigenvalue weighted by Crippen LogP contribution is -1.98. The second-order valence-electron chi connectivity index (χ2n) is 2.92. The summed E-state index contributed by atoms with van der Waals surface area (Å²) >= 11 is 11.7. The van der Waals surface area contributed by atoms with Crippen LogP contribution in [0.5, 0.6) is 5.75 Å². The molecule has 16 heavy (non-hydrogen) atoms. The van der Waals surface area contributed by atoms with Crippen molar-refractivity contribution >= 4 is 29.5 Å². The molecule has 0 aliphatic heterocycles. The van der Waals surface area contributed by atoms with Crippen LogP contribution in [0.4, 0.5) is 0 Å². The molecule has 0 saturated carbocycles. The van der Waals surface area contributed by atoms with E-state index in [1.54, 1.807) is 0 Å². The van der Waals surface area contributed by atoms with Gasteiger partial charge in [-0.3, -0.25) is 4.79 Å². The Morgan fingerprint density at radius 2 is 2.12 bits per heavy atom. The zero-order chi connectivity index (χ0) is 12.0. The molecule has 4 heteroatoms. The smallest absolute Gasteiger partial charge is 0.153 e. The van der Waals surface area contributed by atoms with Crippen LogP contribution >= 0.6 is 23.2 Å². The highest BCUT2D eigenvalue weighted by molar-refractivity contribution is 6.36. The van der Waals surface area contributed by atoms with Crippen molar-refractivity contribution in [2.24, 2.45) is 0 Å². The number of carbonyl (C=O) groups is 1. The SMILES string of the molecule is CCC#CCOc1c(Cl)cc(Cl)cc1C=O. The summed E-state index contributed by atoms with van der Waals surface area (Å²) in [5.41, 5.74) is 0.329. The summed E-state index contributed by atoms with van der Waals surface area (Å²) in [6.45, 7) is 2.15. The van der Waals surface area contributed by atoms with Crippen LogP contribution in [0, 0.1) is 11.8 Å². The third-order valence-electron chi connectivity index (χ3n) is 1.75. The third-order valence-corrected chi connectivity index (χ3v) is 2.25. The average molecular weight is 257 g/mol. The fraction of sp³-hybridized carbons (Fsp3) is 0.250. The summed E-state index contributed by atoms with van der Waals surface area (Å²) in [6.07, 6.45) is 1.42. The molecule has 0 unspecified atom stereocenters. The lowest BCUT2D eigenvalue weighted by Gasteiger charge is -2.07. The van der Waals surface area contributed by atoms with E-state index in [9.17, 15) is 4.79 Å². The molecular formula is C12H10Cl2O2. The quantitative estimate of drug-likeness (QED) is 0.610. The van der Waals surface area contributed by atoms with Gasteiger partial charge >= 0.3 is 0 Å². The molecule has 0 amide bonds. The first-order valence-corrected chi connectivity index (χ1v) is 5.47. The number of aldehydes is 1. The number of hydrogen-bond acceptors (Lipinski definition) is 2. The van der Waals surface area contributed by atoms with E-state index in [-0.39, 0.29) is 6.61 Å². The first-order chi connectivity index (χ1) is 7.69. The van der Waals surface area contributed by atoms with Gasteiger partial charge in [-0.25, -0.2) is 0 Å². The molecule has 2 nitrogen and oxygen atoms in total. The average Bonchev–Trinajstić information content (AvgIpc) is 2.26. The molecule has 0 aliphatic carbocycles. The summed E-state index contributed by atoms with van der Waals surface area (Å²) in [6, 6.07) is 3.03. The van der Waals surface area contributed by atoms with Gasteiger partial charge in [-0.1, -0.05) is 36.0 Å². The Morgan fingerprint density at radius 3 is 2.75 bits per heavy atom. The van der Waals surface area contributed by atoms with E-state index >= 15 is 0 Å². The van der Waals surface area contributed by atoms with E-state index in [1.165, 1.54) is 12.1 Å². The van der Waals surface area contributed by atoms with Crippen LogP contribution in [0.2, 0.25) is 10.0 Å². The molecule has 0 saturated heterocycles. The van der Waals surface area contributed by atoms with E-state index < -0.39 is 0 Å². The molecule has 0 N–H and O–H groups in total. The van der Waals surface area contributed by atoms with Crippen LogP contribution in [-0.2, 0) is 0 Å². The number of carbonyl (C=O) groups excluding carboxylic acids is 1. The van der Waals surface area contributed by atoms with Crippen LogP contribution in [0.1, 0.15) is 23.7 Å².